The van der Waals surface area contributed by atoms with E-state index >= 15 is 0 Å². The van der Waals surface area contributed by atoms with Crippen molar-refractivity contribution >= 4 is 17.6 Å². The van der Waals surface area contributed by atoms with Crippen LogP contribution in [0.5, 0.6) is 0 Å². The number of ether oxygens (including phenoxy) is 2. The van der Waals surface area contributed by atoms with Crippen LogP contribution in [-0.2, 0) is 19.1 Å². The fourth-order valence-electron chi connectivity index (χ4n) is 3.56. The van der Waals surface area contributed by atoms with Gasteiger partial charge in [0.15, 0.2) is 0 Å². The molecule has 1 heterocycles. The van der Waals surface area contributed by atoms with Crippen molar-refractivity contribution in [1.29, 1.82) is 5.26 Å². The van der Waals surface area contributed by atoms with E-state index in [0.717, 1.165) is 0 Å². The zero-order valence-corrected chi connectivity index (χ0v) is 17.4. The second-order valence-corrected chi connectivity index (χ2v) is 6.63. The Balaban J connectivity index is 2.38. The van der Waals surface area contributed by atoms with Gasteiger partial charge in [-0.2, -0.15) is 5.26 Å². The van der Waals surface area contributed by atoms with Gasteiger partial charge in [0.1, 0.15) is 11.5 Å². The fourth-order valence-corrected chi connectivity index (χ4v) is 3.56. The third kappa shape index (κ3) is 4.14. The van der Waals surface area contributed by atoms with E-state index in [-0.39, 0.29) is 35.9 Å². The predicted octanol–water partition coefficient (Wildman–Crippen LogP) is 3.36. The maximum Gasteiger partial charge on any atom is 0.355 e. The van der Waals surface area contributed by atoms with Crippen molar-refractivity contribution in [2.75, 3.05) is 18.1 Å². The number of hydrogen-bond donors (Lipinski definition) is 1. The Hall–Kier alpha value is -4.05. The van der Waals surface area contributed by atoms with Crippen LogP contribution >= 0.6 is 0 Å². The number of nitriles is 1. The molecule has 0 aromatic heterocycles. The molecule has 0 amide bonds. The van der Waals surface area contributed by atoms with Crippen molar-refractivity contribution in [3.8, 4) is 6.07 Å². The van der Waals surface area contributed by atoms with Gasteiger partial charge >= 0.3 is 11.9 Å². The van der Waals surface area contributed by atoms with E-state index in [0.29, 0.717) is 11.3 Å². The van der Waals surface area contributed by atoms with Gasteiger partial charge in [0, 0.05) is 5.69 Å². The maximum absolute atomic E-state index is 13.2. The van der Waals surface area contributed by atoms with Crippen LogP contribution in [0.3, 0.4) is 0 Å². The van der Waals surface area contributed by atoms with Crippen LogP contribution in [0.2, 0.25) is 0 Å². The Morgan fingerprint density at radius 2 is 1.52 bits per heavy atom. The van der Waals surface area contributed by atoms with Crippen molar-refractivity contribution in [3.05, 3.63) is 88.9 Å². The zero-order chi connectivity index (χ0) is 22.4. The average Bonchev–Trinajstić information content (AvgIpc) is 2.79. The maximum atomic E-state index is 13.2. The van der Waals surface area contributed by atoms with Crippen molar-refractivity contribution in [3.63, 3.8) is 0 Å². The lowest BCUT2D eigenvalue weighted by Gasteiger charge is -2.36. The minimum absolute atomic E-state index is 0.0149. The Labute approximate surface area is 181 Å². The summed E-state index contributed by atoms with van der Waals surface area (Å²) in [5.41, 5.74) is 7.70. The lowest BCUT2D eigenvalue weighted by molar-refractivity contribution is -0.142. The summed E-state index contributed by atoms with van der Waals surface area (Å²) in [4.78, 5) is 27.7. The molecule has 2 aromatic carbocycles. The number of carbonyl (C=O) groups is 2. The number of rotatable bonds is 6. The molecular weight excluding hydrogens is 394 g/mol. The minimum Gasteiger partial charge on any atom is -0.463 e. The third-order valence-electron chi connectivity index (χ3n) is 4.80. The smallest absolute Gasteiger partial charge is 0.355 e. The first-order valence-corrected chi connectivity index (χ1v) is 9.93. The second-order valence-electron chi connectivity index (χ2n) is 6.63. The van der Waals surface area contributed by atoms with E-state index in [1.54, 1.807) is 62.4 Å². The molecule has 0 bridgehead atoms. The molecule has 0 aliphatic carbocycles. The van der Waals surface area contributed by atoms with Crippen molar-refractivity contribution in [2.24, 2.45) is 5.73 Å². The van der Waals surface area contributed by atoms with E-state index in [2.05, 4.69) is 6.07 Å². The van der Waals surface area contributed by atoms with Gasteiger partial charge < -0.3 is 15.2 Å². The zero-order valence-electron chi connectivity index (χ0n) is 17.4. The van der Waals surface area contributed by atoms with Crippen LogP contribution in [0.1, 0.15) is 25.3 Å². The summed E-state index contributed by atoms with van der Waals surface area (Å²) < 4.78 is 10.6. The molecule has 0 radical (unpaired) electrons. The summed E-state index contributed by atoms with van der Waals surface area (Å²) in [6, 6.07) is 19.9. The fraction of sp³-hybridized carbons (Fsp3) is 0.208. The Morgan fingerprint density at radius 3 is 2.06 bits per heavy atom. The van der Waals surface area contributed by atoms with Crippen LogP contribution < -0.4 is 10.6 Å². The Kier molecular flexibility index (Phi) is 6.73. The average molecular weight is 417 g/mol. The molecule has 1 atom stereocenters. The van der Waals surface area contributed by atoms with Crippen LogP contribution in [0, 0.1) is 11.3 Å². The number of nitrogens with two attached hydrogens (primary N) is 1. The van der Waals surface area contributed by atoms with E-state index in [9.17, 15) is 14.9 Å². The van der Waals surface area contributed by atoms with Gasteiger partial charge in [-0.25, -0.2) is 9.59 Å². The second kappa shape index (κ2) is 9.63. The predicted molar refractivity (Wildman–Crippen MR) is 115 cm³/mol. The molecule has 158 valence electrons. The van der Waals surface area contributed by atoms with Crippen molar-refractivity contribution in [1.82, 2.24) is 0 Å². The van der Waals surface area contributed by atoms with E-state index < -0.39 is 17.9 Å². The molecule has 3 rings (SSSR count). The minimum atomic E-state index is -0.871. The van der Waals surface area contributed by atoms with Crippen LogP contribution in [-0.4, -0.2) is 25.2 Å². The standard InChI is InChI=1S/C24H23N3O4/c1-3-30-23(28)20-19(16-11-7-5-8-12-16)18(15-25)22(26)27(17-13-9-6-10-14-17)21(20)24(29)31-4-2/h5-14,19H,3-4,26H2,1-2H3. The van der Waals surface area contributed by atoms with E-state index in [4.69, 9.17) is 15.2 Å². The first-order valence-electron chi connectivity index (χ1n) is 9.93. The summed E-state index contributed by atoms with van der Waals surface area (Å²) in [7, 11) is 0. The SMILES string of the molecule is CCOC(=O)C1=C(C(=O)OCC)N(c2ccccc2)C(N)=C(C#N)C1c1ccccc1. The van der Waals surface area contributed by atoms with Crippen molar-refractivity contribution < 1.29 is 19.1 Å². The van der Waals surface area contributed by atoms with Crippen LogP contribution in [0.4, 0.5) is 5.69 Å². The summed E-state index contributed by atoms with van der Waals surface area (Å²) >= 11 is 0. The number of nitrogens with zero attached hydrogens (tertiary/aromatic N) is 2. The van der Waals surface area contributed by atoms with Gasteiger partial charge in [0.2, 0.25) is 0 Å². The molecule has 2 N–H and O–H groups in total. The highest BCUT2D eigenvalue weighted by Crippen LogP contribution is 2.43. The summed E-state index contributed by atoms with van der Waals surface area (Å²) in [6.45, 7) is 3.55. The largest absolute Gasteiger partial charge is 0.463 e. The van der Waals surface area contributed by atoms with E-state index in [1.165, 1.54) is 4.90 Å². The monoisotopic (exact) mass is 417 g/mol. The number of benzene rings is 2. The Morgan fingerprint density at radius 1 is 0.968 bits per heavy atom. The summed E-state index contributed by atoms with van der Waals surface area (Å²) in [6.07, 6.45) is 0. The summed E-state index contributed by atoms with van der Waals surface area (Å²) in [5, 5.41) is 10.0. The molecule has 7 heteroatoms. The molecule has 0 fully saturated rings. The Bertz CT molecular complexity index is 1070. The molecule has 1 aliphatic rings. The molecule has 0 saturated carbocycles. The first-order chi connectivity index (χ1) is 15.0. The highest BCUT2D eigenvalue weighted by Gasteiger charge is 2.43. The van der Waals surface area contributed by atoms with Gasteiger partial charge in [0.25, 0.3) is 0 Å². The highest BCUT2D eigenvalue weighted by atomic mass is 16.5. The highest BCUT2D eigenvalue weighted by molar-refractivity contribution is 6.06. The topological polar surface area (TPSA) is 106 Å². The molecule has 0 saturated heterocycles. The van der Waals surface area contributed by atoms with Gasteiger partial charge in [-0.15, -0.1) is 0 Å². The summed E-state index contributed by atoms with van der Waals surface area (Å²) in [5.74, 6) is -2.25. The number of anilines is 1. The lowest BCUT2D eigenvalue weighted by Crippen LogP contribution is -2.41. The molecule has 0 spiro atoms. The van der Waals surface area contributed by atoms with Crippen LogP contribution in [0.25, 0.3) is 0 Å². The third-order valence-corrected chi connectivity index (χ3v) is 4.80. The number of allylic oxidation sites excluding steroid dienone is 1. The number of hydrogen-bond acceptors (Lipinski definition) is 7. The molecular formula is C24H23N3O4. The van der Waals surface area contributed by atoms with Crippen LogP contribution in [0.15, 0.2) is 83.3 Å². The number of para-hydroxylation sites is 1. The molecule has 31 heavy (non-hydrogen) atoms. The van der Waals surface area contributed by atoms with Crippen molar-refractivity contribution in [2.45, 2.75) is 19.8 Å². The number of carbonyl (C=O) groups excluding carboxylic acids is 2. The molecule has 1 unspecified atom stereocenters. The molecule has 7 nitrogen and oxygen atoms in total. The molecule has 1 aliphatic heterocycles. The van der Waals surface area contributed by atoms with Gasteiger partial charge in [-0.3, -0.25) is 4.90 Å². The normalized spacial score (nSPS) is 16.0. The van der Waals surface area contributed by atoms with Gasteiger partial charge in [-0.1, -0.05) is 48.5 Å². The first kappa shape index (κ1) is 21.7. The van der Waals surface area contributed by atoms with Gasteiger partial charge in [-0.05, 0) is 31.5 Å². The lowest BCUT2D eigenvalue weighted by atomic mass is 9.81. The van der Waals surface area contributed by atoms with Gasteiger partial charge in [0.05, 0.1) is 36.3 Å². The number of esters is 2. The van der Waals surface area contributed by atoms with E-state index in [1.807, 2.05) is 12.1 Å². The quantitative estimate of drug-likeness (QED) is 0.718. The molecule has 2 aromatic rings.